The van der Waals surface area contributed by atoms with Gasteiger partial charge in [0, 0.05) is 5.56 Å². The summed E-state index contributed by atoms with van der Waals surface area (Å²) in [6, 6.07) is 14.7. The fraction of sp³-hybridized carbons (Fsp3) is 0.263. The molecule has 0 aliphatic rings. The van der Waals surface area contributed by atoms with Gasteiger partial charge < -0.3 is 4.74 Å². The smallest absolute Gasteiger partial charge is 0.321 e. The minimum Gasteiger partial charge on any atom is -0.453 e. The quantitative estimate of drug-likeness (QED) is 0.565. The molecular formula is C19H21NO5S. The Labute approximate surface area is 153 Å². The summed E-state index contributed by atoms with van der Waals surface area (Å²) in [7, 11) is -3.82. The number of hydrogen-bond acceptors (Lipinski definition) is 5. The molecule has 0 heterocycles. The molecule has 0 saturated carbocycles. The SMILES string of the molecule is CCC(OC(=O)CNS(=O)(=O)c1ccc(C)cc1)C(=O)c1ccccc1. The van der Waals surface area contributed by atoms with Crippen LogP contribution in [0.1, 0.15) is 29.3 Å². The van der Waals surface area contributed by atoms with Crippen molar-refractivity contribution < 1.29 is 22.7 Å². The van der Waals surface area contributed by atoms with Crippen LogP contribution >= 0.6 is 0 Å². The Bertz CT molecular complexity index is 861. The third-order valence-electron chi connectivity index (χ3n) is 3.73. The molecule has 2 aromatic carbocycles. The summed E-state index contributed by atoms with van der Waals surface area (Å²) in [6.45, 7) is 3.01. The Morgan fingerprint density at radius 3 is 2.23 bits per heavy atom. The van der Waals surface area contributed by atoms with Crippen LogP contribution in [-0.4, -0.2) is 32.8 Å². The lowest BCUT2D eigenvalue weighted by Crippen LogP contribution is -2.35. The van der Waals surface area contributed by atoms with Crippen LogP contribution in [0.2, 0.25) is 0 Å². The maximum absolute atomic E-state index is 12.4. The molecule has 0 saturated heterocycles. The van der Waals surface area contributed by atoms with Crippen molar-refractivity contribution in [3.8, 4) is 0 Å². The molecular weight excluding hydrogens is 354 g/mol. The van der Waals surface area contributed by atoms with Crippen LogP contribution < -0.4 is 4.72 Å². The Kier molecular flexibility index (Phi) is 6.65. The number of carbonyl (C=O) groups excluding carboxylic acids is 2. The molecule has 1 atom stereocenters. The van der Waals surface area contributed by atoms with E-state index >= 15 is 0 Å². The maximum Gasteiger partial charge on any atom is 0.321 e. The lowest BCUT2D eigenvalue weighted by Gasteiger charge is -2.15. The van der Waals surface area contributed by atoms with Crippen LogP contribution in [0.3, 0.4) is 0 Å². The number of ketones is 1. The first-order valence-corrected chi connectivity index (χ1v) is 9.67. The van der Waals surface area contributed by atoms with E-state index < -0.39 is 28.6 Å². The van der Waals surface area contributed by atoms with Crippen molar-refractivity contribution in [1.29, 1.82) is 0 Å². The van der Waals surface area contributed by atoms with E-state index in [0.717, 1.165) is 5.56 Å². The molecule has 138 valence electrons. The van der Waals surface area contributed by atoms with Gasteiger partial charge in [-0.05, 0) is 25.5 Å². The van der Waals surface area contributed by atoms with Crippen molar-refractivity contribution in [2.75, 3.05) is 6.54 Å². The second-order valence-electron chi connectivity index (χ2n) is 5.75. The topological polar surface area (TPSA) is 89.5 Å². The molecule has 0 aliphatic heterocycles. The Hall–Kier alpha value is -2.51. The van der Waals surface area contributed by atoms with Crippen molar-refractivity contribution >= 4 is 21.8 Å². The Morgan fingerprint density at radius 1 is 1.04 bits per heavy atom. The third-order valence-corrected chi connectivity index (χ3v) is 5.15. The molecule has 1 N–H and O–H groups in total. The molecule has 0 spiro atoms. The van der Waals surface area contributed by atoms with Gasteiger partial charge in [-0.2, -0.15) is 4.72 Å². The van der Waals surface area contributed by atoms with Crippen molar-refractivity contribution in [2.45, 2.75) is 31.3 Å². The second kappa shape index (κ2) is 8.73. The van der Waals surface area contributed by atoms with Gasteiger partial charge >= 0.3 is 5.97 Å². The van der Waals surface area contributed by atoms with E-state index in [-0.39, 0.29) is 10.7 Å². The molecule has 26 heavy (non-hydrogen) atoms. The number of ether oxygens (including phenoxy) is 1. The number of esters is 1. The number of rotatable bonds is 8. The van der Waals surface area contributed by atoms with Crippen LogP contribution in [0.15, 0.2) is 59.5 Å². The zero-order chi connectivity index (χ0) is 19.2. The molecule has 2 aromatic rings. The minimum absolute atomic E-state index is 0.0586. The van der Waals surface area contributed by atoms with Gasteiger partial charge in [-0.1, -0.05) is 55.0 Å². The highest BCUT2D eigenvalue weighted by Gasteiger charge is 2.23. The van der Waals surface area contributed by atoms with Gasteiger partial charge in [0.05, 0.1) is 4.90 Å². The first kappa shape index (κ1) is 19.8. The molecule has 0 radical (unpaired) electrons. The lowest BCUT2D eigenvalue weighted by atomic mass is 10.0. The molecule has 0 aliphatic carbocycles. The Morgan fingerprint density at radius 2 is 1.65 bits per heavy atom. The van der Waals surface area contributed by atoms with Crippen molar-refractivity contribution in [3.63, 3.8) is 0 Å². The molecule has 7 heteroatoms. The van der Waals surface area contributed by atoms with Gasteiger partial charge in [0.1, 0.15) is 6.54 Å². The number of hydrogen-bond donors (Lipinski definition) is 1. The van der Waals surface area contributed by atoms with E-state index in [2.05, 4.69) is 4.72 Å². The summed E-state index contributed by atoms with van der Waals surface area (Å²) in [4.78, 5) is 24.4. The van der Waals surface area contributed by atoms with Crippen LogP contribution in [0.25, 0.3) is 0 Å². The fourth-order valence-corrected chi connectivity index (χ4v) is 3.23. The van der Waals surface area contributed by atoms with Gasteiger partial charge in [-0.15, -0.1) is 0 Å². The highest BCUT2D eigenvalue weighted by molar-refractivity contribution is 7.89. The van der Waals surface area contributed by atoms with E-state index in [1.165, 1.54) is 12.1 Å². The van der Waals surface area contributed by atoms with Crippen molar-refractivity contribution in [2.24, 2.45) is 0 Å². The molecule has 1 unspecified atom stereocenters. The first-order chi connectivity index (χ1) is 12.3. The second-order valence-corrected chi connectivity index (χ2v) is 7.52. The van der Waals surface area contributed by atoms with E-state index in [1.807, 2.05) is 6.92 Å². The normalized spacial score (nSPS) is 12.4. The number of aryl methyl sites for hydroxylation is 1. The highest BCUT2D eigenvalue weighted by Crippen LogP contribution is 2.11. The molecule has 0 fully saturated rings. The molecule has 0 amide bonds. The lowest BCUT2D eigenvalue weighted by molar-refractivity contribution is -0.145. The summed E-state index contributed by atoms with van der Waals surface area (Å²) in [6.07, 6.45) is -0.654. The van der Waals surface area contributed by atoms with E-state index in [1.54, 1.807) is 49.4 Å². The van der Waals surface area contributed by atoms with Gasteiger partial charge in [0.15, 0.2) is 6.10 Å². The molecule has 0 aromatic heterocycles. The molecule has 0 bridgehead atoms. The predicted octanol–water partition coefficient (Wildman–Crippen LogP) is 2.48. The number of sulfonamides is 1. The fourth-order valence-electron chi connectivity index (χ4n) is 2.27. The Balaban J connectivity index is 1.96. The van der Waals surface area contributed by atoms with E-state index in [9.17, 15) is 18.0 Å². The average molecular weight is 375 g/mol. The van der Waals surface area contributed by atoms with Crippen LogP contribution in [0.4, 0.5) is 0 Å². The average Bonchev–Trinajstić information content (AvgIpc) is 2.65. The molecule has 2 rings (SSSR count). The number of Topliss-reactive ketones (excluding diaryl/α,β-unsaturated/α-hetero) is 1. The van der Waals surface area contributed by atoms with Gasteiger partial charge in [-0.25, -0.2) is 8.42 Å². The summed E-state index contributed by atoms with van der Waals surface area (Å²) >= 11 is 0. The van der Waals surface area contributed by atoms with E-state index in [0.29, 0.717) is 12.0 Å². The predicted molar refractivity (Wildman–Crippen MR) is 97.3 cm³/mol. The van der Waals surface area contributed by atoms with Gasteiger partial charge in [0.2, 0.25) is 15.8 Å². The van der Waals surface area contributed by atoms with E-state index in [4.69, 9.17) is 4.74 Å². The number of carbonyl (C=O) groups is 2. The highest BCUT2D eigenvalue weighted by atomic mass is 32.2. The largest absolute Gasteiger partial charge is 0.453 e. The summed E-state index contributed by atoms with van der Waals surface area (Å²) in [5.41, 5.74) is 1.36. The van der Waals surface area contributed by atoms with Crippen LogP contribution in [0.5, 0.6) is 0 Å². The minimum atomic E-state index is -3.82. The van der Waals surface area contributed by atoms with Gasteiger partial charge in [0.25, 0.3) is 0 Å². The van der Waals surface area contributed by atoms with Crippen molar-refractivity contribution in [3.05, 3.63) is 65.7 Å². The standard InChI is InChI=1S/C19H21NO5S/c1-3-17(19(22)15-7-5-4-6-8-15)25-18(21)13-20-26(23,24)16-11-9-14(2)10-12-16/h4-12,17,20H,3,13H2,1-2H3. The van der Waals surface area contributed by atoms with Gasteiger partial charge in [-0.3, -0.25) is 9.59 Å². The monoisotopic (exact) mass is 375 g/mol. The van der Waals surface area contributed by atoms with Crippen molar-refractivity contribution in [1.82, 2.24) is 4.72 Å². The summed E-state index contributed by atoms with van der Waals surface area (Å²) < 4.78 is 31.7. The first-order valence-electron chi connectivity index (χ1n) is 8.18. The number of benzene rings is 2. The number of nitrogens with one attached hydrogen (secondary N) is 1. The summed E-state index contributed by atoms with van der Waals surface area (Å²) in [5.74, 6) is -1.13. The summed E-state index contributed by atoms with van der Waals surface area (Å²) in [5, 5.41) is 0. The molecule has 6 nitrogen and oxygen atoms in total. The third kappa shape index (κ3) is 5.24. The maximum atomic E-state index is 12.4. The zero-order valence-corrected chi connectivity index (χ0v) is 15.5. The van der Waals surface area contributed by atoms with Crippen LogP contribution in [-0.2, 0) is 19.6 Å². The van der Waals surface area contributed by atoms with Crippen LogP contribution in [0, 0.1) is 6.92 Å². The zero-order valence-electron chi connectivity index (χ0n) is 14.6.